The first-order chi connectivity index (χ1) is 21.5. The second-order valence-electron chi connectivity index (χ2n) is 18.1. The fourth-order valence-electron chi connectivity index (χ4n) is 12.9. The number of hydrogen-bond acceptors (Lipinski definition) is 7. The van der Waals surface area contributed by atoms with Gasteiger partial charge in [-0.2, -0.15) is 0 Å². The standard InChI is InChI=1S/C37H60N2O7/c1-22(40)44-31(34(4,5)42)26-11-9-24-27(45-26)19-25-23-10-12-28-33(2,3)29(46-30-20-39(17-18-43-30)32(41)38(7)8)13-14-37(28)21-36(23,37)16-15-35(24,25)6/h23-31,42H,9-21H2,1-8H3/t23?,24?,25?,26?,27?,28?,29-,30?,31-,35?,36-,37?/m0/s1. The van der Waals surface area contributed by atoms with Gasteiger partial charge in [0, 0.05) is 27.6 Å². The van der Waals surface area contributed by atoms with Gasteiger partial charge in [-0.25, -0.2) is 4.79 Å². The number of carbonyl (C=O) groups excluding carboxylic acids is 2. The molecule has 7 rings (SSSR count). The van der Waals surface area contributed by atoms with E-state index in [1.165, 1.54) is 45.4 Å². The van der Waals surface area contributed by atoms with Crippen molar-refractivity contribution >= 4 is 12.0 Å². The average Bonchev–Trinajstić information content (AvgIpc) is 3.56. The highest BCUT2D eigenvalue weighted by Crippen LogP contribution is 2.87. The van der Waals surface area contributed by atoms with E-state index < -0.39 is 11.7 Å². The fourth-order valence-corrected chi connectivity index (χ4v) is 12.9. The zero-order valence-electron chi connectivity index (χ0n) is 29.7. The van der Waals surface area contributed by atoms with Crippen LogP contribution in [0.5, 0.6) is 0 Å². The molecule has 46 heavy (non-hydrogen) atoms. The number of carbonyl (C=O) groups is 2. The van der Waals surface area contributed by atoms with Crippen molar-refractivity contribution in [1.29, 1.82) is 0 Å². The summed E-state index contributed by atoms with van der Waals surface area (Å²) in [4.78, 5) is 28.1. The van der Waals surface area contributed by atoms with E-state index in [1.807, 2.05) is 4.90 Å². The first kappa shape index (κ1) is 33.1. The van der Waals surface area contributed by atoms with Crippen molar-refractivity contribution in [3.63, 3.8) is 0 Å². The summed E-state index contributed by atoms with van der Waals surface area (Å²) in [5.41, 5.74) is 0.0480. The summed E-state index contributed by atoms with van der Waals surface area (Å²) in [5.74, 6) is 2.22. The van der Waals surface area contributed by atoms with Crippen molar-refractivity contribution in [3.05, 3.63) is 0 Å². The maximum absolute atomic E-state index is 12.6. The number of esters is 1. The van der Waals surface area contributed by atoms with Crippen LogP contribution in [0.2, 0.25) is 0 Å². The van der Waals surface area contributed by atoms with E-state index in [4.69, 9.17) is 18.9 Å². The molecule has 0 aromatic carbocycles. The molecule has 7 fully saturated rings. The third kappa shape index (κ3) is 4.90. The van der Waals surface area contributed by atoms with Crippen molar-refractivity contribution in [2.24, 2.45) is 45.3 Å². The number of hydrogen-bond donors (Lipinski definition) is 1. The first-order valence-electron chi connectivity index (χ1n) is 18.3. The van der Waals surface area contributed by atoms with E-state index in [-0.39, 0.29) is 47.4 Å². The smallest absolute Gasteiger partial charge is 0.319 e. The van der Waals surface area contributed by atoms with E-state index in [2.05, 4.69) is 20.8 Å². The average molecular weight is 645 g/mol. The molecule has 2 amide bonds. The van der Waals surface area contributed by atoms with Crippen LogP contribution in [0.1, 0.15) is 106 Å². The molecule has 2 aliphatic heterocycles. The lowest BCUT2D eigenvalue weighted by atomic mass is 9.46. The number of amides is 2. The number of ether oxygens (including phenoxy) is 4. The highest BCUT2D eigenvalue weighted by molar-refractivity contribution is 5.73. The normalized spacial score (nSPS) is 46.5. The van der Waals surface area contributed by atoms with Crippen LogP contribution in [-0.2, 0) is 23.7 Å². The quantitative estimate of drug-likeness (QED) is 0.388. The van der Waals surface area contributed by atoms with Gasteiger partial charge in [0.2, 0.25) is 0 Å². The number of morpholine rings is 1. The minimum atomic E-state index is -1.15. The monoisotopic (exact) mass is 644 g/mol. The minimum absolute atomic E-state index is 0.0235. The molecule has 9 nitrogen and oxygen atoms in total. The van der Waals surface area contributed by atoms with Crippen LogP contribution in [0.3, 0.4) is 0 Å². The Balaban J connectivity index is 1.05. The Bertz CT molecular complexity index is 1220. The van der Waals surface area contributed by atoms with Crippen LogP contribution in [0.25, 0.3) is 0 Å². The first-order valence-corrected chi connectivity index (χ1v) is 18.3. The summed E-state index contributed by atoms with van der Waals surface area (Å²) >= 11 is 0. The minimum Gasteiger partial charge on any atom is -0.457 e. The van der Waals surface area contributed by atoms with Gasteiger partial charge < -0.3 is 33.9 Å². The molecule has 5 saturated carbocycles. The van der Waals surface area contributed by atoms with Gasteiger partial charge in [0.25, 0.3) is 0 Å². The molecule has 0 aromatic rings. The van der Waals surface area contributed by atoms with E-state index in [0.717, 1.165) is 31.6 Å². The van der Waals surface area contributed by atoms with E-state index >= 15 is 0 Å². The molecule has 2 heterocycles. The summed E-state index contributed by atoms with van der Waals surface area (Å²) in [7, 11) is 3.60. The Hall–Kier alpha value is -1.42. The molecule has 2 saturated heterocycles. The highest BCUT2D eigenvalue weighted by atomic mass is 16.7. The van der Waals surface area contributed by atoms with E-state index in [9.17, 15) is 14.7 Å². The predicted octanol–water partition coefficient (Wildman–Crippen LogP) is 5.62. The van der Waals surface area contributed by atoms with Crippen LogP contribution in [-0.4, -0.2) is 97.0 Å². The Kier molecular flexibility index (Phi) is 7.95. The van der Waals surface area contributed by atoms with Gasteiger partial charge in [-0.15, -0.1) is 0 Å². The number of nitrogens with zero attached hydrogens (tertiary/aromatic N) is 2. The zero-order chi connectivity index (χ0) is 33.0. The van der Waals surface area contributed by atoms with Gasteiger partial charge in [0.1, 0.15) is 0 Å². The summed E-state index contributed by atoms with van der Waals surface area (Å²) in [6.07, 6.45) is 10.9. The molecule has 7 aliphatic rings. The zero-order valence-corrected chi connectivity index (χ0v) is 29.7. The van der Waals surface area contributed by atoms with Crippen LogP contribution >= 0.6 is 0 Å². The highest BCUT2D eigenvalue weighted by Gasteiger charge is 2.80. The van der Waals surface area contributed by atoms with Crippen LogP contribution in [0, 0.1) is 45.3 Å². The maximum Gasteiger partial charge on any atom is 0.319 e. The molecule has 9 heteroatoms. The lowest BCUT2D eigenvalue weighted by Gasteiger charge is -2.60. The van der Waals surface area contributed by atoms with Gasteiger partial charge in [-0.05, 0) is 123 Å². The molecule has 260 valence electrons. The number of urea groups is 1. The van der Waals surface area contributed by atoms with Crippen LogP contribution < -0.4 is 0 Å². The molecule has 0 bridgehead atoms. The lowest BCUT2D eigenvalue weighted by molar-refractivity contribution is -0.241. The third-order valence-corrected chi connectivity index (χ3v) is 14.9. The number of fused-ring (bicyclic) bond motifs is 4. The van der Waals surface area contributed by atoms with Crippen molar-refractivity contribution in [2.45, 2.75) is 142 Å². The lowest BCUT2D eigenvalue weighted by Crippen LogP contribution is -2.57. The second kappa shape index (κ2) is 11.0. The number of aliphatic hydroxyl groups is 1. The largest absolute Gasteiger partial charge is 0.457 e. The van der Waals surface area contributed by atoms with Crippen LogP contribution in [0.15, 0.2) is 0 Å². The molecular weight excluding hydrogens is 584 g/mol. The second-order valence-corrected chi connectivity index (χ2v) is 18.1. The Morgan fingerprint density at radius 1 is 0.978 bits per heavy atom. The van der Waals surface area contributed by atoms with Crippen molar-refractivity contribution in [2.75, 3.05) is 33.8 Å². The molecule has 5 aliphatic carbocycles. The number of rotatable bonds is 5. The molecule has 9 unspecified atom stereocenters. The molecule has 1 N–H and O–H groups in total. The Morgan fingerprint density at radius 2 is 1.72 bits per heavy atom. The third-order valence-electron chi connectivity index (χ3n) is 14.9. The molecular formula is C37H60N2O7. The van der Waals surface area contributed by atoms with Gasteiger partial charge in [-0.3, -0.25) is 4.79 Å². The van der Waals surface area contributed by atoms with Gasteiger partial charge in [-0.1, -0.05) is 20.8 Å². The van der Waals surface area contributed by atoms with Crippen LogP contribution in [0.4, 0.5) is 4.79 Å². The van der Waals surface area contributed by atoms with E-state index in [0.29, 0.717) is 48.3 Å². The Morgan fingerprint density at radius 3 is 2.41 bits per heavy atom. The summed E-state index contributed by atoms with van der Waals surface area (Å²) in [6.45, 7) is 14.0. The summed E-state index contributed by atoms with van der Waals surface area (Å²) in [5, 5.41) is 10.9. The van der Waals surface area contributed by atoms with Crippen molar-refractivity contribution in [1.82, 2.24) is 9.80 Å². The topological polar surface area (TPSA) is 97.8 Å². The SMILES string of the molecule is CC(=O)O[C@@H](C1CCC2C(CC3C4CCC5C(C)(C)[C@@H](OC6CN(C(=O)N(C)C)CCO6)CCC56C[C@@]46CCC23C)O1)C(C)(C)O. The maximum atomic E-state index is 12.6. The Labute approximate surface area is 276 Å². The van der Waals surface area contributed by atoms with Gasteiger partial charge in [0.05, 0.1) is 37.1 Å². The predicted molar refractivity (Wildman–Crippen MR) is 173 cm³/mol. The summed E-state index contributed by atoms with van der Waals surface area (Å²) < 4.78 is 25.4. The molecule has 0 radical (unpaired) electrons. The van der Waals surface area contributed by atoms with Crippen molar-refractivity contribution < 1.29 is 33.6 Å². The molecule has 2 spiro atoms. The van der Waals surface area contributed by atoms with E-state index in [1.54, 1.807) is 32.8 Å². The molecule has 12 atom stereocenters. The van der Waals surface area contributed by atoms with Gasteiger partial charge in [0.15, 0.2) is 12.4 Å². The molecule has 0 aromatic heterocycles. The fraction of sp³-hybridized carbons (Fsp3) is 0.946. The van der Waals surface area contributed by atoms with Gasteiger partial charge >= 0.3 is 12.0 Å². The summed E-state index contributed by atoms with van der Waals surface area (Å²) in [6, 6.07) is 0.0235. The van der Waals surface area contributed by atoms with Crippen molar-refractivity contribution in [3.8, 4) is 0 Å².